The van der Waals surface area contributed by atoms with Crippen molar-refractivity contribution in [3.63, 3.8) is 0 Å². The summed E-state index contributed by atoms with van der Waals surface area (Å²) in [5.74, 6) is -0.566. The Kier molecular flexibility index (Phi) is 5.69. The van der Waals surface area contributed by atoms with Gasteiger partial charge in [-0.15, -0.1) is 0 Å². The van der Waals surface area contributed by atoms with Crippen molar-refractivity contribution in [2.75, 3.05) is 18.6 Å². The molecule has 1 rings (SSSR count). The van der Waals surface area contributed by atoms with E-state index < -0.39 is 5.41 Å². The number of carbonyl (C=O) groups is 2. The van der Waals surface area contributed by atoms with Crippen LogP contribution in [0.5, 0.6) is 0 Å². The van der Waals surface area contributed by atoms with Gasteiger partial charge in [0.25, 0.3) is 0 Å². The molecule has 1 aliphatic rings. The fraction of sp³-hybridized carbons (Fsp3) is 0.833. The number of esters is 2. The van der Waals surface area contributed by atoms with Gasteiger partial charge in [0.2, 0.25) is 0 Å². The van der Waals surface area contributed by atoms with Crippen LogP contribution < -0.4 is 0 Å². The maximum Gasteiger partial charge on any atom is 0.312 e. The van der Waals surface area contributed by atoms with Crippen molar-refractivity contribution in [1.29, 1.82) is 0 Å². The number of alkyl halides is 1. The molecule has 0 radical (unpaired) electrons. The first-order chi connectivity index (χ1) is 8.09. The van der Waals surface area contributed by atoms with Crippen LogP contribution in [0.3, 0.4) is 0 Å². The molecule has 0 aromatic rings. The number of hydrogen-bond acceptors (Lipinski definition) is 4. The predicted octanol–water partition coefficient (Wildman–Crippen LogP) is 2.33. The molecule has 0 bridgehead atoms. The van der Waals surface area contributed by atoms with E-state index in [0.29, 0.717) is 10.8 Å². The Balaban J connectivity index is 2.89. The lowest BCUT2D eigenvalue weighted by Gasteiger charge is -2.29. The first-order valence-electron chi connectivity index (χ1n) is 5.82. The molecule has 98 valence electrons. The van der Waals surface area contributed by atoms with E-state index in [0.717, 1.165) is 25.7 Å². The van der Waals surface area contributed by atoms with Crippen LogP contribution in [0.15, 0.2) is 0 Å². The Morgan fingerprint density at radius 3 is 2.53 bits per heavy atom. The van der Waals surface area contributed by atoms with Crippen molar-refractivity contribution in [2.24, 2.45) is 11.3 Å². The van der Waals surface area contributed by atoms with Gasteiger partial charge in [0, 0.05) is 4.43 Å². The van der Waals surface area contributed by atoms with E-state index in [2.05, 4.69) is 22.6 Å². The van der Waals surface area contributed by atoms with Crippen molar-refractivity contribution in [3.8, 4) is 0 Å². The Morgan fingerprint density at radius 2 is 2.00 bits per heavy atom. The molecule has 0 saturated heterocycles. The summed E-state index contributed by atoms with van der Waals surface area (Å²) in [4.78, 5) is 23.6. The molecule has 2 unspecified atom stereocenters. The largest absolute Gasteiger partial charge is 0.469 e. The molecule has 1 fully saturated rings. The highest BCUT2D eigenvalue weighted by molar-refractivity contribution is 14.1. The van der Waals surface area contributed by atoms with Gasteiger partial charge in [0.05, 0.1) is 25.6 Å². The van der Waals surface area contributed by atoms with Gasteiger partial charge in [-0.25, -0.2) is 0 Å². The highest BCUT2D eigenvalue weighted by atomic mass is 127. The normalized spacial score (nSPS) is 29.2. The summed E-state index contributed by atoms with van der Waals surface area (Å²) in [5, 5.41) is 0. The minimum atomic E-state index is -0.509. The number of ether oxygens (including phenoxy) is 2. The molecule has 17 heavy (non-hydrogen) atoms. The summed E-state index contributed by atoms with van der Waals surface area (Å²) in [7, 11) is 2.81. The van der Waals surface area contributed by atoms with Gasteiger partial charge in [-0.05, 0) is 19.3 Å². The van der Waals surface area contributed by atoms with Crippen LogP contribution in [0.1, 0.15) is 32.1 Å². The summed E-state index contributed by atoms with van der Waals surface area (Å²) < 4.78 is 10.4. The summed E-state index contributed by atoms with van der Waals surface area (Å²) in [6.07, 6.45) is 4.09. The third-order valence-electron chi connectivity index (χ3n) is 3.50. The molecular weight excluding hydrogens is 335 g/mol. The molecule has 0 N–H and O–H groups in total. The van der Waals surface area contributed by atoms with E-state index in [4.69, 9.17) is 9.47 Å². The van der Waals surface area contributed by atoms with Crippen LogP contribution >= 0.6 is 22.6 Å². The Hall–Kier alpha value is -0.330. The summed E-state index contributed by atoms with van der Waals surface area (Å²) in [6, 6.07) is 0. The van der Waals surface area contributed by atoms with Gasteiger partial charge in [0.1, 0.15) is 0 Å². The zero-order valence-corrected chi connectivity index (χ0v) is 12.5. The van der Waals surface area contributed by atoms with E-state index in [9.17, 15) is 9.59 Å². The predicted molar refractivity (Wildman–Crippen MR) is 71.9 cm³/mol. The lowest BCUT2D eigenvalue weighted by Crippen LogP contribution is -2.36. The van der Waals surface area contributed by atoms with Crippen molar-refractivity contribution in [2.45, 2.75) is 32.1 Å². The van der Waals surface area contributed by atoms with Crippen molar-refractivity contribution < 1.29 is 19.1 Å². The monoisotopic (exact) mass is 354 g/mol. The minimum absolute atomic E-state index is 0.170. The van der Waals surface area contributed by atoms with Crippen LogP contribution in [-0.2, 0) is 19.1 Å². The maximum atomic E-state index is 11.9. The van der Waals surface area contributed by atoms with Crippen LogP contribution in [0.4, 0.5) is 0 Å². The molecule has 5 heteroatoms. The molecular formula is C12H19IO4. The van der Waals surface area contributed by atoms with Gasteiger partial charge in [-0.1, -0.05) is 35.4 Å². The standard InChI is InChI=1S/C12H19IO4/c1-16-10(14)9-5-3-4-6-12(7-9,8-13)11(15)17-2/h9H,3-8H2,1-2H3. The Bertz CT molecular complexity index is 292. The third-order valence-corrected chi connectivity index (χ3v) is 4.96. The molecule has 1 aliphatic carbocycles. The third kappa shape index (κ3) is 3.33. The lowest BCUT2D eigenvalue weighted by molar-refractivity contribution is -0.154. The van der Waals surface area contributed by atoms with E-state index >= 15 is 0 Å². The van der Waals surface area contributed by atoms with Crippen LogP contribution in [0.25, 0.3) is 0 Å². The topological polar surface area (TPSA) is 52.6 Å². The summed E-state index contributed by atoms with van der Waals surface area (Å²) >= 11 is 2.21. The van der Waals surface area contributed by atoms with Crippen LogP contribution in [0, 0.1) is 11.3 Å². The van der Waals surface area contributed by atoms with Crippen LogP contribution in [-0.4, -0.2) is 30.6 Å². The smallest absolute Gasteiger partial charge is 0.312 e. The second-order valence-electron chi connectivity index (χ2n) is 4.58. The second kappa shape index (κ2) is 6.56. The fourth-order valence-corrected chi connectivity index (χ4v) is 3.48. The Morgan fingerprint density at radius 1 is 1.29 bits per heavy atom. The zero-order valence-electron chi connectivity index (χ0n) is 10.3. The SMILES string of the molecule is COC(=O)C1CCCCC(CI)(C(=O)OC)C1. The molecule has 0 heterocycles. The van der Waals surface area contributed by atoms with Gasteiger partial charge >= 0.3 is 11.9 Å². The molecule has 0 aromatic heterocycles. The Labute approximate surface area is 116 Å². The summed E-state index contributed by atoms with van der Waals surface area (Å²) in [5.41, 5.74) is -0.509. The van der Waals surface area contributed by atoms with E-state index in [1.807, 2.05) is 0 Å². The average molecular weight is 354 g/mol. The molecule has 4 nitrogen and oxygen atoms in total. The highest BCUT2D eigenvalue weighted by Gasteiger charge is 2.43. The van der Waals surface area contributed by atoms with E-state index in [1.165, 1.54) is 14.2 Å². The first-order valence-corrected chi connectivity index (χ1v) is 7.34. The van der Waals surface area contributed by atoms with Crippen molar-refractivity contribution in [3.05, 3.63) is 0 Å². The van der Waals surface area contributed by atoms with E-state index in [1.54, 1.807) is 0 Å². The van der Waals surface area contributed by atoms with Gasteiger partial charge in [-0.2, -0.15) is 0 Å². The number of hydrogen-bond donors (Lipinski definition) is 0. The highest BCUT2D eigenvalue weighted by Crippen LogP contribution is 2.40. The number of methoxy groups -OCH3 is 2. The lowest BCUT2D eigenvalue weighted by atomic mass is 9.79. The maximum absolute atomic E-state index is 11.9. The molecule has 0 aromatic carbocycles. The van der Waals surface area contributed by atoms with Gasteiger partial charge < -0.3 is 9.47 Å². The molecule has 2 atom stereocenters. The molecule has 0 aliphatic heterocycles. The minimum Gasteiger partial charge on any atom is -0.469 e. The number of carbonyl (C=O) groups excluding carboxylic acids is 2. The number of rotatable bonds is 3. The second-order valence-corrected chi connectivity index (χ2v) is 5.34. The molecule has 0 amide bonds. The molecule has 0 spiro atoms. The summed E-state index contributed by atoms with van der Waals surface area (Å²) in [6.45, 7) is 0. The van der Waals surface area contributed by atoms with Crippen LogP contribution in [0.2, 0.25) is 0 Å². The van der Waals surface area contributed by atoms with Crippen molar-refractivity contribution in [1.82, 2.24) is 0 Å². The number of halogens is 1. The van der Waals surface area contributed by atoms with Gasteiger partial charge in [0.15, 0.2) is 0 Å². The van der Waals surface area contributed by atoms with Crippen molar-refractivity contribution >= 4 is 34.5 Å². The average Bonchev–Trinajstić information content (AvgIpc) is 2.60. The quantitative estimate of drug-likeness (QED) is 0.338. The molecule has 1 saturated carbocycles. The fourth-order valence-electron chi connectivity index (χ4n) is 2.48. The zero-order chi connectivity index (χ0) is 12.9. The van der Waals surface area contributed by atoms with E-state index in [-0.39, 0.29) is 17.9 Å². The first kappa shape index (κ1) is 14.7. The van der Waals surface area contributed by atoms with Gasteiger partial charge in [-0.3, -0.25) is 9.59 Å².